The molecular formula is C16H20N2O2S. The number of hydrogen-bond donors (Lipinski definition) is 2. The molecule has 112 valence electrons. The molecule has 1 unspecified atom stereocenters. The molecule has 0 aromatic heterocycles. The predicted molar refractivity (Wildman–Crippen MR) is 85.5 cm³/mol. The van der Waals surface area contributed by atoms with Crippen LogP contribution in [0.25, 0.3) is 10.8 Å². The van der Waals surface area contributed by atoms with Gasteiger partial charge < -0.3 is 5.73 Å². The molecule has 0 heterocycles. The minimum Gasteiger partial charge on any atom is -0.399 e. The zero-order valence-corrected chi connectivity index (χ0v) is 12.9. The third-order valence-electron chi connectivity index (χ3n) is 4.35. The van der Waals surface area contributed by atoms with E-state index in [1.807, 2.05) is 13.0 Å². The van der Waals surface area contributed by atoms with Gasteiger partial charge in [0.05, 0.1) is 4.90 Å². The molecule has 0 bridgehead atoms. The van der Waals surface area contributed by atoms with Crippen LogP contribution < -0.4 is 10.5 Å². The average Bonchev–Trinajstić information content (AvgIpc) is 2.34. The van der Waals surface area contributed by atoms with Gasteiger partial charge in [0.2, 0.25) is 10.0 Å². The van der Waals surface area contributed by atoms with Gasteiger partial charge in [0, 0.05) is 17.1 Å². The number of rotatable bonds is 4. The van der Waals surface area contributed by atoms with Crippen LogP contribution in [0.3, 0.4) is 0 Å². The number of anilines is 1. The summed E-state index contributed by atoms with van der Waals surface area (Å²) in [6.45, 7) is 1.95. The van der Waals surface area contributed by atoms with Crippen LogP contribution in [0.15, 0.2) is 41.3 Å². The fourth-order valence-electron chi connectivity index (χ4n) is 2.85. The van der Waals surface area contributed by atoms with Crippen molar-refractivity contribution in [3.8, 4) is 0 Å². The minimum atomic E-state index is -3.51. The average molecular weight is 304 g/mol. The van der Waals surface area contributed by atoms with Crippen molar-refractivity contribution in [1.82, 2.24) is 4.72 Å². The molecule has 3 rings (SSSR count). The van der Waals surface area contributed by atoms with Gasteiger partial charge in [-0.3, -0.25) is 0 Å². The first-order valence-corrected chi connectivity index (χ1v) is 8.76. The molecule has 1 aliphatic rings. The Bertz CT molecular complexity index is 767. The molecule has 2 aromatic carbocycles. The fourth-order valence-corrected chi connectivity index (χ4v) is 4.39. The Balaban J connectivity index is 1.98. The van der Waals surface area contributed by atoms with Crippen LogP contribution in [0.5, 0.6) is 0 Å². The van der Waals surface area contributed by atoms with Crippen molar-refractivity contribution in [2.24, 2.45) is 5.92 Å². The van der Waals surface area contributed by atoms with Gasteiger partial charge in [-0.25, -0.2) is 13.1 Å². The largest absolute Gasteiger partial charge is 0.399 e. The molecule has 1 atom stereocenters. The molecule has 0 amide bonds. The second kappa shape index (κ2) is 5.31. The molecule has 2 aromatic rings. The molecule has 0 aliphatic heterocycles. The van der Waals surface area contributed by atoms with E-state index in [9.17, 15) is 8.42 Å². The molecule has 0 saturated heterocycles. The van der Waals surface area contributed by atoms with E-state index in [1.165, 1.54) is 6.42 Å². The highest BCUT2D eigenvalue weighted by Gasteiger charge is 2.28. The fraction of sp³-hybridized carbons (Fsp3) is 0.375. The lowest BCUT2D eigenvalue weighted by Crippen LogP contribution is -2.40. The third kappa shape index (κ3) is 2.76. The summed E-state index contributed by atoms with van der Waals surface area (Å²) in [6, 6.07) is 10.6. The number of hydrogen-bond acceptors (Lipinski definition) is 3. The van der Waals surface area contributed by atoms with Crippen LogP contribution >= 0.6 is 0 Å². The summed E-state index contributed by atoms with van der Waals surface area (Å²) in [7, 11) is -3.51. The Labute approximate surface area is 125 Å². The maximum atomic E-state index is 12.6. The standard InChI is InChI=1S/C16H20N2O2S/c1-11(12-4-2-5-12)18-21(19,20)16-7-3-6-13-10-14(17)8-9-15(13)16/h3,6-12,18H,2,4-5,17H2,1H3. The molecule has 3 N–H and O–H groups in total. The van der Waals surface area contributed by atoms with Crippen molar-refractivity contribution in [3.05, 3.63) is 36.4 Å². The number of fused-ring (bicyclic) bond motifs is 1. The van der Waals surface area contributed by atoms with Gasteiger partial charge in [-0.1, -0.05) is 24.6 Å². The molecular weight excluding hydrogens is 284 g/mol. The van der Waals surface area contributed by atoms with E-state index in [-0.39, 0.29) is 6.04 Å². The Morgan fingerprint density at radius 3 is 2.67 bits per heavy atom. The van der Waals surface area contributed by atoms with Gasteiger partial charge in [-0.05, 0) is 49.3 Å². The molecule has 1 fully saturated rings. The van der Waals surface area contributed by atoms with Gasteiger partial charge in [-0.2, -0.15) is 0 Å². The van der Waals surface area contributed by atoms with Gasteiger partial charge >= 0.3 is 0 Å². The van der Waals surface area contributed by atoms with Crippen LogP contribution in [0.1, 0.15) is 26.2 Å². The summed E-state index contributed by atoms with van der Waals surface area (Å²) < 4.78 is 28.1. The van der Waals surface area contributed by atoms with Crippen LogP contribution in [-0.2, 0) is 10.0 Å². The van der Waals surface area contributed by atoms with Gasteiger partial charge in [-0.15, -0.1) is 0 Å². The van der Waals surface area contributed by atoms with E-state index in [1.54, 1.807) is 30.3 Å². The molecule has 1 saturated carbocycles. The van der Waals surface area contributed by atoms with Crippen LogP contribution in [0, 0.1) is 5.92 Å². The monoisotopic (exact) mass is 304 g/mol. The molecule has 5 heteroatoms. The van der Waals surface area contributed by atoms with Crippen LogP contribution in [-0.4, -0.2) is 14.5 Å². The summed E-state index contributed by atoms with van der Waals surface area (Å²) in [5, 5.41) is 1.55. The second-order valence-corrected chi connectivity index (χ2v) is 7.52. The van der Waals surface area contributed by atoms with Crippen molar-refractivity contribution in [2.75, 3.05) is 5.73 Å². The molecule has 0 radical (unpaired) electrons. The summed E-state index contributed by atoms with van der Waals surface area (Å²) in [4.78, 5) is 0.325. The second-order valence-electron chi connectivity index (χ2n) is 5.84. The number of nitrogens with one attached hydrogen (secondary N) is 1. The maximum Gasteiger partial charge on any atom is 0.241 e. The predicted octanol–water partition coefficient (Wildman–Crippen LogP) is 2.89. The first kappa shape index (κ1) is 14.4. The SMILES string of the molecule is CC(NS(=O)(=O)c1cccc2cc(N)ccc12)C1CCC1. The van der Waals surface area contributed by atoms with Crippen molar-refractivity contribution >= 4 is 26.5 Å². The zero-order valence-electron chi connectivity index (χ0n) is 12.0. The Morgan fingerprint density at radius 1 is 1.24 bits per heavy atom. The van der Waals surface area contributed by atoms with E-state index in [2.05, 4.69) is 4.72 Å². The third-order valence-corrected chi connectivity index (χ3v) is 5.97. The number of benzene rings is 2. The van der Waals surface area contributed by atoms with Crippen molar-refractivity contribution < 1.29 is 8.42 Å². The Kier molecular flexibility index (Phi) is 3.63. The van der Waals surface area contributed by atoms with Gasteiger partial charge in [0.25, 0.3) is 0 Å². The lowest BCUT2D eigenvalue weighted by atomic mass is 9.81. The summed E-state index contributed by atoms with van der Waals surface area (Å²) in [5.41, 5.74) is 6.40. The van der Waals surface area contributed by atoms with Crippen LogP contribution in [0.2, 0.25) is 0 Å². The van der Waals surface area contributed by atoms with Crippen molar-refractivity contribution in [3.63, 3.8) is 0 Å². The smallest absolute Gasteiger partial charge is 0.241 e. The van der Waals surface area contributed by atoms with E-state index < -0.39 is 10.0 Å². The number of nitrogen functional groups attached to an aromatic ring is 1. The van der Waals surface area contributed by atoms with E-state index in [0.717, 1.165) is 18.2 Å². The number of nitrogens with two attached hydrogens (primary N) is 1. The maximum absolute atomic E-state index is 12.6. The topological polar surface area (TPSA) is 72.2 Å². The zero-order chi connectivity index (χ0) is 15.0. The molecule has 4 nitrogen and oxygen atoms in total. The Morgan fingerprint density at radius 2 is 2.00 bits per heavy atom. The normalized spacial score (nSPS) is 17.6. The van der Waals surface area contributed by atoms with E-state index >= 15 is 0 Å². The van der Waals surface area contributed by atoms with Gasteiger partial charge in [0.15, 0.2) is 0 Å². The molecule has 21 heavy (non-hydrogen) atoms. The van der Waals surface area contributed by atoms with Crippen molar-refractivity contribution in [2.45, 2.75) is 37.1 Å². The van der Waals surface area contributed by atoms with Crippen LogP contribution in [0.4, 0.5) is 5.69 Å². The highest BCUT2D eigenvalue weighted by molar-refractivity contribution is 7.89. The molecule has 1 aliphatic carbocycles. The lowest BCUT2D eigenvalue weighted by molar-refractivity contribution is 0.260. The van der Waals surface area contributed by atoms with E-state index in [4.69, 9.17) is 5.73 Å². The summed E-state index contributed by atoms with van der Waals surface area (Å²) in [5.74, 6) is 0.463. The van der Waals surface area contributed by atoms with Gasteiger partial charge in [0.1, 0.15) is 0 Å². The highest BCUT2D eigenvalue weighted by Crippen LogP contribution is 2.31. The first-order valence-electron chi connectivity index (χ1n) is 7.28. The van der Waals surface area contributed by atoms with Crippen molar-refractivity contribution in [1.29, 1.82) is 0 Å². The Hall–Kier alpha value is -1.59. The summed E-state index contributed by atoms with van der Waals surface area (Å²) in [6.07, 6.45) is 3.41. The summed E-state index contributed by atoms with van der Waals surface area (Å²) >= 11 is 0. The first-order chi connectivity index (χ1) is 9.97. The van der Waals surface area contributed by atoms with E-state index in [0.29, 0.717) is 21.9 Å². The molecule has 0 spiro atoms. The highest BCUT2D eigenvalue weighted by atomic mass is 32.2. The lowest BCUT2D eigenvalue weighted by Gasteiger charge is -2.31. The number of sulfonamides is 1. The minimum absolute atomic E-state index is 0.0206. The quantitative estimate of drug-likeness (QED) is 0.853.